The molecule has 1 fully saturated rings. The molecule has 0 aliphatic carbocycles. The van der Waals surface area contributed by atoms with Gasteiger partial charge in [-0.05, 0) is 5.56 Å². The van der Waals surface area contributed by atoms with Crippen molar-refractivity contribution in [2.24, 2.45) is 5.92 Å². The van der Waals surface area contributed by atoms with E-state index in [9.17, 15) is 14.4 Å². The van der Waals surface area contributed by atoms with Crippen LogP contribution in [0.3, 0.4) is 0 Å². The minimum absolute atomic E-state index is 0.0613. The van der Waals surface area contributed by atoms with E-state index in [1.165, 1.54) is 12.1 Å². The highest BCUT2D eigenvalue weighted by molar-refractivity contribution is 6.04. The molecule has 118 valence electrons. The maximum absolute atomic E-state index is 12.1. The second-order valence-corrected chi connectivity index (χ2v) is 4.85. The van der Waals surface area contributed by atoms with Gasteiger partial charge in [0.2, 0.25) is 0 Å². The maximum Gasteiger partial charge on any atom is 0.321 e. The van der Waals surface area contributed by atoms with E-state index in [4.69, 9.17) is 4.74 Å². The Hall–Kier alpha value is -2.41. The lowest BCUT2D eigenvalue weighted by Crippen LogP contribution is -2.68. The quantitative estimate of drug-likeness (QED) is 0.461. The summed E-state index contributed by atoms with van der Waals surface area (Å²) in [6.07, 6.45) is -0.0613. The first kappa shape index (κ1) is 16.0. The molecule has 0 spiro atoms. The molecule has 1 amide bonds. The molecule has 1 heterocycles. The number of β-lactam (4-membered cyclic amide) rings is 1. The summed E-state index contributed by atoms with van der Waals surface area (Å²) in [5.41, 5.74) is 3.49. The van der Waals surface area contributed by atoms with Crippen LogP contribution in [0.4, 0.5) is 0 Å². The van der Waals surface area contributed by atoms with Gasteiger partial charge in [-0.1, -0.05) is 30.3 Å². The summed E-state index contributed by atoms with van der Waals surface area (Å²) in [6, 6.07) is 8.58. The van der Waals surface area contributed by atoms with Gasteiger partial charge in [0, 0.05) is 7.05 Å². The fourth-order valence-corrected chi connectivity index (χ4v) is 2.36. The SMILES string of the molecule is CNN1C(=O)[C@H](C(=O)OCc2ccccc2)[C@H]1CC(=O)OC. The lowest BCUT2D eigenvalue weighted by atomic mass is 9.87. The van der Waals surface area contributed by atoms with Crippen molar-refractivity contribution in [2.45, 2.75) is 19.1 Å². The van der Waals surface area contributed by atoms with Gasteiger partial charge >= 0.3 is 11.9 Å². The molecule has 0 unspecified atom stereocenters. The number of carbonyl (C=O) groups excluding carboxylic acids is 3. The number of benzene rings is 1. The highest BCUT2D eigenvalue weighted by Gasteiger charge is 2.53. The molecule has 1 aliphatic rings. The largest absolute Gasteiger partial charge is 0.469 e. The predicted molar refractivity (Wildman–Crippen MR) is 76.1 cm³/mol. The number of hydrogen-bond donors (Lipinski definition) is 1. The van der Waals surface area contributed by atoms with Crippen LogP contribution in [0.1, 0.15) is 12.0 Å². The van der Waals surface area contributed by atoms with Crippen LogP contribution in [-0.4, -0.2) is 43.1 Å². The van der Waals surface area contributed by atoms with E-state index in [0.29, 0.717) is 0 Å². The summed E-state index contributed by atoms with van der Waals surface area (Å²) >= 11 is 0. The van der Waals surface area contributed by atoms with E-state index >= 15 is 0 Å². The topological polar surface area (TPSA) is 84.9 Å². The Labute approximate surface area is 128 Å². The second-order valence-electron chi connectivity index (χ2n) is 4.85. The molecule has 1 aromatic carbocycles. The normalized spacial score (nSPS) is 20.3. The Balaban J connectivity index is 1.97. The monoisotopic (exact) mass is 306 g/mol. The van der Waals surface area contributed by atoms with Crippen LogP contribution < -0.4 is 5.43 Å². The maximum atomic E-state index is 12.1. The van der Waals surface area contributed by atoms with Crippen LogP contribution in [0.15, 0.2) is 30.3 Å². The number of methoxy groups -OCH3 is 1. The Kier molecular flexibility index (Phi) is 5.11. The average Bonchev–Trinajstić information content (AvgIpc) is 2.53. The van der Waals surface area contributed by atoms with E-state index < -0.39 is 29.8 Å². The number of hydrazine groups is 1. The van der Waals surface area contributed by atoms with Gasteiger partial charge in [0.1, 0.15) is 6.61 Å². The van der Waals surface area contributed by atoms with E-state index in [0.717, 1.165) is 5.56 Å². The third-order valence-corrected chi connectivity index (χ3v) is 3.54. The lowest BCUT2D eigenvalue weighted by Gasteiger charge is -2.44. The number of nitrogens with one attached hydrogen (secondary N) is 1. The molecule has 1 aliphatic heterocycles. The lowest BCUT2D eigenvalue weighted by molar-refractivity contribution is -0.179. The number of esters is 2. The van der Waals surface area contributed by atoms with Gasteiger partial charge in [-0.15, -0.1) is 0 Å². The molecular formula is C15H18N2O5. The van der Waals surface area contributed by atoms with Crippen molar-refractivity contribution >= 4 is 17.8 Å². The highest BCUT2D eigenvalue weighted by atomic mass is 16.5. The van der Waals surface area contributed by atoms with E-state index in [-0.39, 0.29) is 13.0 Å². The first-order chi connectivity index (χ1) is 10.6. The Morgan fingerprint density at radius 2 is 1.95 bits per heavy atom. The van der Waals surface area contributed by atoms with Crippen molar-refractivity contribution in [3.63, 3.8) is 0 Å². The number of ether oxygens (including phenoxy) is 2. The number of carbonyl (C=O) groups is 3. The molecule has 7 heteroatoms. The standard InChI is InChI=1S/C15H18N2O5/c1-16-17-11(8-12(18)21-2)13(14(17)19)15(20)22-9-10-6-4-3-5-7-10/h3-7,11,13,16H,8-9H2,1-2H3/t11-,13-/m1/s1. The van der Waals surface area contributed by atoms with E-state index in [1.54, 1.807) is 7.05 Å². The van der Waals surface area contributed by atoms with Gasteiger partial charge in [-0.2, -0.15) is 0 Å². The molecule has 1 aromatic rings. The van der Waals surface area contributed by atoms with Crippen LogP contribution >= 0.6 is 0 Å². The summed E-state index contributed by atoms with van der Waals surface area (Å²) in [5, 5.41) is 1.24. The van der Waals surface area contributed by atoms with Gasteiger partial charge in [-0.3, -0.25) is 19.4 Å². The van der Waals surface area contributed by atoms with Crippen LogP contribution in [0.2, 0.25) is 0 Å². The Bertz CT molecular complexity index is 560. The van der Waals surface area contributed by atoms with Gasteiger partial charge in [-0.25, -0.2) is 5.43 Å². The summed E-state index contributed by atoms with van der Waals surface area (Å²) in [7, 11) is 2.81. The molecule has 0 saturated carbocycles. The van der Waals surface area contributed by atoms with Crippen LogP contribution in [0.5, 0.6) is 0 Å². The van der Waals surface area contributed by atoms with Crippen molar-refractivity contribution in [1.82, 2.24) is 10.4 Å². The smallest absolute Gasteiger partial charge is 0.321 e. The summed E-state index contributed by atoms with van der Waals surface area (Å²) in [6.45, 7) is 0.0912. The number of nitrogens with zero attached hydrogens (tertiary/aromatic N) is 1. The zero-order valence-electron chi connectivity index (χ0n) is 12.4. The third-order valence-electron chi connectivity index (χ3n) is 3.54. The molecule has 1 N–H and O–H groups in total. The van der Waals surface area contributed by atoms with Gasteiger partial charge in [0.15, 0.2) is 5.92 Å². The minimum Gasteiger partial charge on any atom is -0.469 e. The first-order valence-electron chi connectivity index (χ1n) is 6.86. The van der Waals surface area contributed by atoms with Crippen LogP contribution in [-0.2, 0) is 30.5 Å². The van der Waals surface area contributed by atoms with Crippen LogP contribution in [0, 0.1) is 5.92 Å². The first-order valence-corrected chi connectivity index (χ1v) is 6.86. The molecular weight excluding hydrogens is 288 g/mol. The van der Waals surface area contributed by atoms with Crippen molar-refractivity contribution in [1.29, 1.82) is 0 Å². The van der Waals surface area contributed by atoms with Gasteiger partial charge in [0.05, 0.1) is 19.6 Å². The van der Waals surface area contributed by atoms with Crippen molar-refractivity contribution in [3.05, 3.63) is 35.9 Å². The molecule has 2 rings (SSSR count). The van der Waals surface area contributed by atoms with E-state index in [1.807, 2.05) is 30.3 Å². The Morgan fingerprint density at radius 1 is 1.27 bits per heavy atom. The van der Waals surface area contributed by atoms with Crippen molar-refractivity contribution in [2.75, 3.05) is 14.2 Å². The predicted octanol–water partition coefficient (Wildman–Crippen LogP) is 0.254. The van der Waals surface area contributed by atoms with Crippen molar-refractivity contribution in [3.8, 4) is 0 Å². The molecule has 7 nitrogen and oxygen atoms in total. The highest BCUT2D eigenvalue weighted by Crippen LogP contribution is 2.29. The van der Waals surface area contributed by atoms with Crippen LogP contribution in [0.25, 0.3) is 0 Å². The molecule has 0 aromatic heterocycles. The number of rotatable bonds is 6. The Morgan fingerprint density at radius 3 is 2.55 bits per heavy atom. The molecule has 22 heavy (non-hydrogen) atoms. The summed E-state index contributed by atoms with van der Waals surface area (Å²) in [5.74, 6) is -2.50. The number of amides is 1. The molecule has 2 atom stereocenters. The number of hydrogen-bond acceptors (Lipinski definition) is 6. The fourth-order valence-electron chi connectivity index (χ4n) is 2.36. The van der Waals surface area contributed by atoms with Gasteiger partial charge < -0.3 is 9.47 Å². The van der Waals surface area contributed by atoms with Gasteiger partial charge in [0.25, 0.3) is 5.91 Å². The summed E-state index contributed by atoms with van der Waals surface area (Å²) in [4.78, 5) is 35.4. The zero-order chi connectivity index (χ0) is 16.1. The zero-order valence-corrected chi connectivity index (χ0v) is 12.4. The third kappa shape index (κ3) is 3.25. The summed E-state index contributed by atoms with van der Waals surface area (Å²) < 4.78 is 9.76. The fraction of sp³-hybridized carbons (Fsp3) is 0.400. The van der Waals surface area contributed by atoms with Crippen molar-refractivity contribution < 1.29 is 23.9 Å². The minimum atomic E-state index is -0.977. The average molecular weight is 306 g/mol. The second kappa shape index (κ2) is 7.04. The van der Waals surface area contributed by atoms with E-state index in [2.05, 4.69) is 10.2 Å². The molecule has 0 radical (unpaired) electrons. The molecule has 0 bridgehead atoms. The molecule has 1 saturated heterocycles.